The molecule has 28 heavy (non-hydrogen) atoms. The SMILES string of the molecule is CN(CCCCCCCC(=O)NO)C(=O)N(c1ccccc1)c1ccccc1. The van der Waals surface area contributed by atoms with Gasteiger partial charge in [-0.05, 0) is 37.1 Å². The first-order chi connectivity index (χ1) is 13.6. The Balaban J connectivity index is 1.86. The first-order valence-electron chi connectivity index (χ1n) is 9.71. The van der Waals surface area contributed by atoms with Gasteiger partial charge in [0.2, 0.25) is 5.91 Å². The molecule has 3 amide bonds. The summed E-state index contributed by atoms with van der Waals surface area (Å²) >= 11 is 0. The van der Waals surface area contributed by atoms with Gasteiger partial charge in [-0.3, -0.25) is 14.9 Å². The molecule has 150 valence electrons. The highest BCUT2D eigenvalue weighted by Crippen LogP contribution is 2.26. The summed E-state index contributed by atoms with van der Waals surface area (Å²) in [7, 11) is 1.83. The van der Waals surface area contributed by atoms with Crippen molar-refractivity contribution in [2.45, 2.75) is 38.5 Å². The van der Waals surface area contributed by atoms with Crippen molar-refractivity contribution in [3.05, 3.63) is 60.7 Å². The van der Waals surface area contributed by atoms with Crippen LogP contribution in [0, 0.1) is 0 Å². The van der Waals surface area contributed by atoms with E-state index in [2.05, 4.69) is 0 Å². The Kier molecular flexibility index (Phi) is 9.01. The van der Waals surface area contributed by atoms with Gasteiger partial charge in [0.25, 0.3) is 0 Å². The van der Waals surface area contributed by atoms with E-state index in [0.717, 1.165) is 43.5 Å². The highest BCUT2D eigenvalue weighted by atomic mass is 16.5. The number of para-hydroxylation sites is 2. The van der Waals surface area contributed by atoms with E-state index in [0.29, 0.717) is 13.0 Å². The normalized spacial score (nSPS) is 10.4. The number of carbonyl (C=O) groups is 2. The molecule has 2 rings (SSSR count). The lowest BCUT2D eigenvalue weighted by Crippen LogP contribution is -2.39. The van der Waals surface area contributed by atoms with E-state index in [4.69, 9.17) is 5.21 Å². The number of hydrogen-bond acceptors (Lipinski definition) is 3. The van der Waals surface area contributed by atoms with Crippen molar-refractivity contribution in [3.8, 4) is 0 Å². The van der Waals surface area contributed by atoms with Crippen molar-refractivity contribution in [2.75, 3.05) is 18.5 Å². The first kappa shape index (κ1) is 21.4. The lowest BCUT2D eigenvalue weighted by molar-refractivity contribution is -0.129. The van der Waals surface area contributed by atoms with Gasteiger partial charge >= 0.3 is 6.03 Å². The standard InChI is InChI=1S/C22H29N3O3/c1-24(18-12-4-2-3-11-17-21(26)23-28)22(27)25(19-13-7-5-8-14-19)20-15-9-6-10-16-20/h5-10,13-16,28H,2-4,11-12,17-18H2,1H3,(H,23,26). The maximum atomic E-state index is 13.1. The molecule has 2 aromatic rings. The number of urea groups is 1. The zero-order valence-corrected chi connectivity index (χ0v) is 16.4. The molecule has 0 aliphatic carbocycles. The molecule has 0 saturated carbocycles. The smallest absolute Gasteiger partial charge is 0.327 e. The molecule has 0 atom stereocenters. The van der Waals surface area contributed by atoms with Crippen molar-refractivity contribution >= 4 is 23.3 Å². The van der Waals surface area contributed by atoms with Crippen LogP contribution in [0.4, 0.5) is 16.2 Å². The molecule has 0 heterocycles. The van der Waals surface area contributed by atoms with E-state index in [-0.39, 0.29) is 11.9 Å². The summed E-state index contributed by atoms with van der Waals surface area (Å²) in [6, 6.07) is 19.2. The molecular formula is C22H29N3O3. The molecule has 6 heteroatoms. The Bertz CT molecular complexity index is 683. The number of unbranched alkanes of at least 4 members (excludes halogenated alkanes) is 4. The van der Waals surface area contributed by atoms with Crippen LogP contribution in [0.2, 0.25) is 0 Å². The van der Waals surface area contributed by atoms with E-state index in [1.165, 1.54) is 0 Å². The highest BCUT2D eigenvalue weighted by Gasteiger charge is 2.21. The van der Waals surface area contributed by atoms with E-state index >= 15 is 0 Å². The van der Waals surface area contributed by atoms with E-state index < -0.39 is 0 Å². The molecule has 0 spiro atoms. The second-order valence-electron chi connectivity index (χ2n) is 6.76. The average molecular weight is 383 g/mol. The van der Waals surface area contributed by atoms with Crippen LogP contribution in [0.3, 0.4) is 0 Å². The molecule has 0 aliphatic heterocycles. The molecule has 0 saturated heterocycles. The van der Waals surface area contributed by atoms with Gasteiger partial charge in [-0.15, -0.1) is 0 Å². The molecule has 0 radical (unpaired) electrons. The number of hydroxylamine groups is 1. The summed E-state index contributed by atoms with van der Waals surface area (Å²) in [5.41, 5.74) is 3.33. The molecule has 0 fully saturated rings. The van der Waals surface area contributed by atoms with Gasteiger partial charge in [0, 0.05) is 20.0 Å². The van der Waals surface area contributed by atoms with Crippen molar-refractivity contribution in [2.24, 2.45) is 0 Å². The topological polar surface area (TPSA) is 72.9 Å². The number of hydrogen-bond donors (Lipinski definition) is 2. The summed E-state index contributed by atoms with van der Waals surface area (Å²) in [4.78, 5) is 27.5. The van der Waals surface area contributed by atoms with Crippen LogP contribution in [0.15, 0.2) is 60.7 Å². The quantitative estimate of drug-likeness (QED) is 0.354. The van der Waals surface area contributed by atoms with Crippen LogP contribution in [-0.2, 0) is 4.79 Å². The molecule has 2 N–H and O–H groups in total. The number of nitrogens with one attached hydrogen (secondary N) is 1. The number of amides is 3. The van der Waals surface area contributed by atoms with Gasteiger partial charge in [-0.25, -0.2) is 10.3 Å². The van der Waals surface area contributed by atoms with Crippen LogP contribution in [-0.4, -0.2) is 35.6 Å². The zero-order valence-electron chi connectivity index (χ0n) is 16.4. The molecule has 6 nitrogen and oxygen atoms in total. The number of rotatable bonds is 10. The second-order valence-corrected chi connectivity index (χ2v) is 6.76. The largest absolute Gasteiger partial charge is 0.328 e. The molecule has 0 bridgehead atoms. The van der Waals surface area contributed by atoms with Crippen molar-refractivity contribution in [3.63, 3.8) is 0 Å². The van der Waals surface area contributed by atoms with Crippen molar-refractivity contribution in [1.82, 2.24) is 10.4 Å². The second kappa shape index (κ2) is 11.8. The molecule has 2 aromatic carbocycles. The van der Waals surface area contributed by atoms with E-state index in [1.807, 2.05) is 67.7 Å². The number of nitrogens with zero attached hydrogens (tertiary/aromatic N) is 2. The van der Waals surface area contributed by atoms with Crippen LogP contribution >= 0.6 is 0 Å². The van der Waals surface area contributed by atoms with Gasteiger partial charge < -0.3 is 4.90 Å². The van der Waals surface area contributed by atoms with Crippen LogP contribution < -0.4 is 10.4 Å². The average Bonchev–Trinajstić information content (AvgIpc) is 2.74. The number of anilines is 2. The fraction of sp³-hybridized carbons (Fsp3) is 0.364. The molecule has 0 unspecified atom stereocenters. The lowest BCUT2D eigenvalue weighted by Gasteiger charge is -2.28. The monoisotopic (exact) mass is 383 g/mol. The minimum atomic E-state index is -0.341. The van der Waals surface area contributed by atoms with Gasteiger partial charge in [0.15, 0.2) is 0 Å². The Morgan fingerprint density at radius 3 is 1.86 bits per heavy atom. The number of carbonyl (C=O) groups excluding carboxylic acids is 2. The van der Waals surface area contributed by atoms with Crippen molar-refractivity contribution in [1.29, 1.82) is 0 Å². The van der Waals surface area contributed by atoms with Gasteiger partial charge in [0.1, 0.15) is 0 Å². The van der Waals surface area contributed by atoms with Crippen LogP contribution in [0.5, 0.6) is 0 Å². The predicted octanol–water partition coefficient (Wildman–Crippen LogP) is 4.72. The Morgan fingerprint density at radius 2 is 1.32 bits per heavy atom. The van der Waals surface area contributed by atoms with E-state index in [1.54, 1.807) is 15.3 Å². The third kappa shape index (κ3) is 6.70. The third-order valence-electron chi connectivity index (χ3n) is 4.57. The van der Waals surface area contributed by atoms with E-state index in [9.17, 15) is 9.59 Å². The fourth-order valence-corrected chi connectivity index (χ4v) is 3.01. The summed E-state index contributed by atoms with van der Waals surface area (Å²) in [6.07, 6.45) is 4.95. The van der Waals surface area contributed by atoms with Gasteiger partial charge in [-0.2, -0.15) is 0 Å². The van der Waals surface area contributed by atoms with Gasteiger partial charge in [-0.1, -0.05) is 55.7 Å². The lowest BCUT2D eigenvalue weighted by atomic mass is 10.1. The summed E-state index contributed by atoms with van der Waals surface area (Å²) < 4.78 is 0. The van der Waals surface area contributed by atoms with Gasteiger partial charge in [0.05, 0.1) is 11.4 Å². The van der Waals surface area contributed by atoms with Crippen molar-refractivity contribution < 1.29 is 14.8 Å². The first-order valence-corrected chi connectivity index (χ1v) is 9.71. The maximum Gasteiger partial charge on any atom is 0.328 e. The molecule has 0 aromatic heterocycles. The van der Waals surface area contributed by atoms with Crippen LogP contribution in [0.25, 0.3) is 0 Å². The summed E-state index contributed by atoms with van der Waals surface area (Å²) in [5.74, 6) is -0.341. The summed E-state index contributed by atoms with van der Waals surface area (Å²) in [6.45, 7) is 0.673. The Hall–Kier alpha value is -2.86. The zero-order chi connectivity index (χ0) is 20.2. The minimum absolute atomic E-state index is 0.0583. The predicted molar refractivity (Wildman–Crippen MR) is 111 cm³/mol. The molecular weight excluding hydrogens is 354 g/mol. The Morgan fingerprint density at radius 1 is 0.821 bits per heavy atom. The molecule has 0 aliphatic rings. The summed E-state index contributed by atoms with van der Waals surface area (Å²) in [5, 5.41) is 8.46. The Labute approximate surface area is 166 Å². The number of benzene rings is 2. The third-order valence-corrected chi connectivity index (χ3v) is 4.57. The maximum absolute atomic E-state index is 13.1. The van der Waals surface area contributed by atoms with Crippen LogP contribution in [0.1, 0.15) is 38.5 Å². The highest BCUT2D eigenvalue weighted by molar-refractivity contribution is 5.99. The fourth-order valence-electron chi connectivity index (χ4n) is 3.01. The minimum Gasteiger partial charge on any atom is -0.327 e.